The predicted molar refractivity (Wildman–Crippen MR) is 232 cm³/mol. The Morgan fingerprint density at radius 1 is 0.482 bits per heavy atom. The van der Waals surface area contributed by atoms with Gasteiger partial charge in [-0.25, -0.2) is 0 Å². The number of unbranched alkanes of at least 4 members (excludes halogenated alkanes) is 30. The number of esters is 2. The van der Waals surface area contributed by atoms with E-state index in [-0.39, 0.29) is 32.0 Å². The third-order valence-electron chi connectivity index (χ3n) is 10.6. The van der Waals surface area contributed by atoms with E-state index in [0.29, 0.717) is 17.4 Å². The molecule has 0 fully saturated rings. The topological polar surface area (TPSA) is 111 Å². The fraction of sp³-hybridized carbons (Fsp3) is 0.957. The van der Waals surface area contributed by atoms with Gasteiger partial charge in [0.15, 0.2) is 6.10 Å². The van der Waals surface area contributed by atoms with Crippen LogP contribution in [0.25, 0.3) is 0 Å². The van der Waals surface area contributed by atoms with Gasteiger partial charge in [-0.2, -0.15) is 0 Å². The van der Waals surface area contributed by atoms with Crippen molar-refractivity contribution in [2.45, 2.75) is 238 Å². The minimum absolute atomic E-state index is 0.0255. The molecule has 0 aliphatic carbocycles. The van der Waals surface area contributed by atoms with Crippen LogP contribution in [0.5, 0.6) is 0 Å². The zero-order valence-electron chi connectivity index (χ0n) is 37.6. The molecule has 0 aromatic carbocycles. The molecule has 0 aliphatic rings. The third kappa shape index (κ3) is 42.6. The molecule has 0 aromatic heterocycles. The Balaban J connectivity index is 4.26. The molecule has 9 nitrogen and oxygen atoms in total. The van der Waals surface area contributed by atoms with Gasteiger partial charge in [-0.1, -0.05) is 206 Å². The molecule has 0 aliphatic heterocycles. The van der Waals surface area contributed by atoms with E-state index in [1.165, 1.54) is 167 Å². The molecular formula is C46H92NO8P. The summed E-state index contributed by atoms with van der Waals surface area (Å²) in [6.45, 7) is 4.28. The number of likely N-dealkylation sites (N-methyl/N-ethyl adjacent to an activating group) is 1. The van der Waals surface area contributed by atoms with E-state index in [2.05, 4.69) is 13.8 Å². The zero-order chi connectivity index (χ0) is 41.4. The van der Waals surface area contributed by atoms with Gasteiger partial charge in [-0.3, -0.25) is 14.2 Å². The van der Waals surface area contributed by atoms with Crippen LogP contribution in [0.3, 0.4) is 0 Å². The van der Waals surface area contributed by atoms with Gasteiger partial charge in [-0.05, 0) is 12.8 Å². The second kappa shape index (κ2) is 39.5. The van der Waals surface area contributed by atoms with Crippen molar-refractivity contribution in [2.24, 2.45) is 0 Å². The van der Waals surface area contributed by atoms with Crippen LogP contribution in [0.4, 0.5) is 0 Å². The highest BCUT2D eigenvalue weighted by atomic mass is 31.2. The van der Waals surface area contributed by atoms with Crippen molar-refractivity contribution in [3.05, 3.63) is 0 Å². The lowest BCUT2D eigenvalue weighted by Gasteiger charge is -2.28. The van der Waals surface area contributed by atoms with Gasteiger partial charge in [0.25, 0.3) is 7.82 Å². The second-order valence-corrected chi connectivity index (χ2v) is 18.9. The van der Waals surface area contributed by atoms with Gasteiger partial charge in [0.2, 0.25) is 0 Å². The molecule has 56 heavy (non-hydrogen) atoms. The minimum atomic E-state index is -4.62. The fourth-order valence-corrected chi connectivity index (χ4v) is 7.62. The van der Waals surface area contributed by atoms with E-state index in [0.717, 1.165) is 32.1 Å². The molecule has 0 spiro atoms. The van der Waals surface area contributed by atoms with Crippen molar-refractivity contribution in [3.63, 3.8) is 0 Å². The minimum Gasteiger partial charge on any atom is -0.756 e. The number of carbonyl (C=O) groups excluding carboxylic acids is 2. The van der Waals surface area contributed by atoms with Crippen LogP contribution < -0.4 is 4.89 Å². The molecule has 0 N–H and O–H groups in total. The first-order valence-corrected chi connectivity index (χ1v) is 25.2. The van der Waals surface area contributed by atoms with Crippen LogP contribution >= 0.6 is 7.82 Å². The molecular weight excluding hydrogens is 725 g/mol. The highest BCUT2D eigenvalue weighted by Gasteiger charge is 2.21. The van der Waals surface area contributed by atoms with Gasteiger partial charge in [0.1, 0.15) is 19.8 Å². The molecule has 0 saturated heterocycles. The van der Waals surface area contributed by atoms with Crippen molar-refractivity contribution >= 4 is 19.8 Å². The molecule has 0 radical (unpaired) electrons. The molecule has 0 bridgehead atoms. The zero-order valence-corrected chi connectivity index (χ0v) is 38.5. The fourth-order valence-electron chi connectivity index (χ4n) is 6.89. The Hall–Kier alpha value is -0.990. The monoisotopic (exact) mass is 818 g/mol. The second-order valence-electron chi connectivity index (χ2n) is 17.5. The maximum Gasteiger partial charge on any atom is 0.306 e. The molecule has 0 heterocycles. The maximum atomic E-state index is 12.7. The Morgan fingerprint density at radius 3 is 1.14 bits per heavy atom. The molecule has 10 heteroatoms. The summed E-state index contributed by atoms with van der Waals surface area (Å²) in [5.41, 5.74) is 0. The van der Waals surface area contributed by atoms with E-state index in [4.69, 9.17) is 18.5 Å². The summed E-state index contributed by atoms with van der Waals surface area (Å²) < 4.78 is 34.0. The van der Waals surface area contributed by atoms with Crippen molar-refractivity contribution in [1.29, 1.82) is 0 Å². The predicted octanol–water partition coefficient (Wildman–Crippen LogP) is 13.0. The van der Waals surface area contributed by atoms with Gasteiger partial charge in [0.05, 0.1) is 27.7 Å². The SMILES string of the molecule is CCCCCCCCCCCCCCCCCCCC(=O)OC(COC(=O)CCCCCCCCCCCCCCCCC)COP(=O)([O-])OCC[N+](C)(C)C. The number of hydrogen-bond donors (Lipinski definition) is 0. The molecule has 334 valence electrons. The lowest BCUT2D eigenvalue weighted by molar-refractivity contribution is -0.870. The van der Waals surface area contributed by atoms with E-state index in [1.807, 2.05) is 21.1 Å². The van der Waals surface area contributed by atoms with Crippen LogP contribution in [0, 0.1) is 0 Å². The molecule has 0 aromatic rings. The summed E-state index contributed by atoms with van der Waals surface area (Å²) in [7, 11) is 1.18. The highest BCUT2D eigenvalue weighted by molar-refractivity contribution is 7.45. The molecule has 0 rings (SSSR count). The van der Waals surface area contributed by atoms with Crippen LogP contribution in [-0.2, 0) is 32.7 Å². The number of hydrogen-bond acceptors (Lipinski definition) is 8. The standard InChI is InChI=1S/C46H92NO8P/c1-6-8-10-12-14-16-18-20-22-23-25-27-29-31-33-35-37-39-46(49)55-44(43-54-56(50,51)53-41-40-47(3,4)5)42-52-45(48)38-36-34-32-30-28-26-24-21-19-17-15-13-11-9-7-2/h44H,6-43H2,1-5H3. The Labute approximate surface area is 346 Å². The summed E-state index contributed by atoms with van der Waals surface area (Å²) in [6.07, 6.45) is 39.8. The first-order chi connectivity index (χ1) is 27.0. The summed E-state index contributed by atoms with van der Waals surface area (Å²) in [5, 5.41) is 0. The maximum absolute atomic E-state index is 12.7. The Morgan fingerprint density at radius 2 is 0.804 bits per heavy atom. The number of quaternary nitrogens is 1. The van der Waals surface area contributed by atoms with Gasteiger partial charge in [0, 0.05) is 12.8 Å². The molecule has 0 saturated carbocycles. The van der Waals surface area contributed by atoms with Crippen LogP contribution in [0.1, 0.15) is 232 Å². The lowest BCUT2D eigenvalue weighted by atomic mass is 10.0. The number of carbonyl (C=O) groups is 2. The first kappa shape index (κ1) is 55.0. The van der Waals surface area contributed by atoms with E-state index >= 15 is 0 Å². The largest absolute Gasteiger partial charge is 0.756 e. The normalized spacial score (nSPS) is 13.5. The molecule has 2 atom stereocenters. The Kier molecular flexibility index (Phi) is 38.8. The summed E-state index contributed by atoms with van der Waals surface area (Å²) in [4.78, 5) is 37.6. The number of ether oxygens (including phenoxy) is 2. The highest BCUT2D eigenvalue weighted by Crippen LogP contribution is 2.38. The van der Waals surface area contributed by atoms with Gasteiger partial charge >= 0.3 is 11.9 Å². The summed E-state index contributed by atoms with van der Waals surface area (Å²) >= 11 is 0. The van der Waals surface area contributed by atoms with E-state index in [9.17, 15) is 19.0 Å². The number of phosphoric ester groups is 1. The van der Waals surface area contributed by atoms with Crippen molar-refractivity contribution in [1.82, 2.24) is 0 Å². The lowest BCUT2D eigenvalue weighted by Crippen LogP contribution is -2.37. The van der Waals surface area contributed by atoms with Crippen LogP contribution in [0.2, 0.25) is 0 Å². The quantitative estimate of drug-likeness (QED) is 0.0259. The van der Waals surface area contributed by atoms with E-state index in [1.54, 1.807) is 0 Å². The van der Waals surface area contributed by atoms with Gasteiger partial charge < -0.3 is 27.9 Å². The smallest absolute Gasteiger partial charge is 0.306 e. The van der Waals surface area contributed by atoms with Crippen LogP contribution in [0.15, 0.2) is 0 Å². The number of nitrogens with zero attached hydrogens (tertiary/aromatic N) is 1. The first-order valence-electron chi connectivity index (χ1n) is 23.7. The average molecular weight is 818 g/mol. The van der Waals surface area contributed by atoms with Crippen molar-refractivity contribution < 1.29 is 42.1 Å². The molecule has 0 amide bonds. The summed E-state index contributed by atoms with van der Waals surface area (Å²) in [5.74, 6) is -0.817. The summed E-state index contributed by atoms with van der Waals surface area (Å²) in [6, 6.07) is 0. The average Bonchev–Trinajstić information content (AvgIpc) is 3.15. The number of phosphoric acid groups is 1. The van der Waals surface area contributed by atoms with E-state index < -0.39 is 26.5 Å². The van der Waals surface area contributed by atoms with Gasteiger partial charge in [-0.15, -0.1) is 0 Å². The van der Waals surface area contributed by atoms with Crippen molar-refractivity contribution in [3.8, 4) is 0 Å². The third-order valence-corrected chi connectivity index (χ3v) is 11.6. The molecule has 2 unspecified atom stereocenters. The van der Waals surface area contributed by atoms with Crippen LogP contribution in [-0.4, -0.2) is 70.0 Å². The Bertz CT molecular complexity index is 927. The number of rotatable bonds is 44. The van der Waals surface area contributed by atoms with Crippen molar-refractivity contribution in [2.75, 3.05) is 47.5 Å².